The lowest BCUT2D eigenvalue weighted by Crippen LogP contribution is -2.50. The van der Waals surface area contributed by atoms with Crippen molar-refractivity contribution in [2.45, 2.75) is 0 Å². The van der Waals surface area contributed by atoms with Crippen molar-refractivity contribution in [2.24, 2.45) is 0 Å². The van der Waals surface area contributed by atoms with Crippen molar-refractivity contribution in [3.05, 3.63) is 28.9 Å². The third kappa shape index (κ3) is 0.875. The van der Waals surface area contributed by atoms with E-state index >= 15 is 0 Å². The molecule has 0 aromatic carbocycles. The predicted molar refractivity (Wildman–Crippen MR) is 35.3 cm³/mol. The fraction of sp³-hybridized carbons (Fsp3) is 0. The molecule has 2 rings (SSSR count). The van der Waals surface area contributed by atoms with Crippen LogP contribution in [0.1, 0.15) is 0 Å². The SMILES string of the molecule is [O-][n+]1nc2ccncc2[n+]([O-])n1. The Morgan fingerprint density at radius 2 is 2.17 bits per heavy atom. The van der Waals surface area contributed by atoms with Crippen LogP contribution in [0.3, 0.4) is 0 Å². The minimum absolute atomic E-state index is 0.0324. The second-order valence-electron chi connectivity index (χ2n) is 2.08. The predicted octanol–water partition coefficient (Wildman–Crippen LogP) is -1.71. The monoisotopic (exact) mass is 165 g/mol. The molecular weight excluding hydrogens is 162 g/mol. The van der Waals surface area contributed by atoms with Crippen molar-refractivity contribution in [1.82, 2.24) is 15.3 Å². The molecule has 0 saturated carbocycles. The van der Waals surface area contributed by atoms with Gasteiger partial charge < -0.3 is 10.4 Å². The fourth-order valence-corrected chi connectivity index (χ4v) is 0.841. The zero-order valence-corrected chi connectivity index (χ0v) is 5.78. The second kappa shape index (κ2) is 2.22. The number of nitrogens with zero attached hydrogens (tertiary/aromatic N) is 5. The summed E-state index contributed by atoms with van der Waals surface area (Å²) in [6, 6.07) is 1.46. The first kappa shape index (κ1) is 6.65. The van der Waals surface area contributed by atoms with Crippen LogP contribution in [0.4, 0.5) is 0 Å². The Labute approximate surface area is 66.0 Å². The van der Waals surface area contributed by atoms with Gasteiger partial charge in [-0.25, -0.2) is 0 Å². The number of pyridine rings is 1. The van der Waals surface area contributed by atoms with Gasteiger partial charge in [0, 0.05) is 11.0 Å². The highest BCUT2D eigenvalue weighted by Gasteiger charge is 2.11. The smallest absolute Gasteiger partial charge is 0.326 e. The lowest BCUT2D eigenvalue weighted by Gasteiger charge is -1.93. The molecule has 0 fully saturated rings. The summed E-state index contributed by atoms with van der Waals surface area (Å²) in [6.45, 7) is 0. The first-order valence-electron chi connectivity index (χ1n) is 3.09. The van der Waals surface area contributed by atoms with Gasteiger partial charge in [-0.05, 0) is 6.07 Å². The number of hydrogen-bond donors (Lipinski definition) is 0. The Hall–Kier alpha value is -2.05. The quantitative estimate of drug-likeness (QED) is 0.342. The van der Waals surface area contributed by atoms with Crippen LogP contribution in [0.5, 0.6) is 0 Å². The Morgan fingerprint density at radius 3 is 3.00 bits per heavy atom. The first-order chi connectivity index (χ1) is 5.77. The highest BCUT2D eigenvalue weighted by Crippen LogP contribution is 1.98. The molecule has 2 heterocycles. The molecule has 0 aliphatic carbocycles. The van der Waals surface area contributed by atoms with Gasteiger partial charge >= 0.3 is 10.7 Å². The van der Waals surface area contributed by atoms with Gasteiger partial charge in [0.15, 0.2) is 0 Å². The number of aromatic nitrogens is 5. The van der Waals surface area contributed by atoms with Gasteiger partial charge in [0.25, 0.3) is 0 Å². The summed E-state index contributed by atoms with van der Waals surface area (Å²) in [6.07, 6.45) is 2.73. The van der Waals surface area contributed by atoms with Crippen LogP contribution < -0.4 is 9.80 Å². The van der Waals surface area contributed by atoms with Crippen molar-refractivity contribution < 1.29 is 9.80 Å². The summed E-state index contributed by atoms with van der Waals surface area (Å²) in [5.41, 5.74) is 0.439. The second-order valence-corrected chi connectivity index (χ2v) is 2.08. The molecule has 60 valence electrons. The minimum Gasteiger partial charge on any atom is -0.590 e. The molecule has 2 aromatic rings. The van der Waals surface area contributed by atoms with E-state index in [1.54, 1.807) is 0 Å². The zero-order chi connectivity index (χ0) is 8.55. The molecule has 0 unspecified atom stereocenters. The topological polar surface area (TPSA) is 92.5 Å². The molecule has 0 N–H and O–H groups in total. The maximum absolute atomic E-state index is 10.9. The molecule has 0 aliphatic heterocycles. The van der Waals surface area contributed by atoms with E-state index < -0.39 is 0 Å². The number of hydrogen-bond acceptors (Lipinski definition) is 5. The molecule has 2 aromatic heterocycles. The van der Waals surface area contributed by atoms with E-state index in [0.29, 0.717) is 0 Å². The van der Waals surface area contributed by atoms with Crippen LogP contribution in [0.2, 0.25) is 0 Å². The van der Waals surface area contributed by atoms with Crippen LogP contribution in [0.25, 0.3) is 11.0 Å². The molecular formula is C5H3N5O2. The standard InChI is InChI=1S/C5H3N5O2/c11-9-5-3-6-2-1-4(5)7-10(12)8-9/h1-3H. The normalized spacial score (nSPS) is 10.3. The number of rotatable bonds is 0. The maximum atomic E-state index is 10.9. The van der Waals surface area contributed by atoms with Gasteiger partial charge in [-0.15, -0.1) is 0 Å². The molecule has 7 heteroatoms. The van der Waals surface area contributed by atoms with Crippen LogP contribution in [0, 0.1) is 10.4 Å². The van der Waals surface area contributed by atoms with Crippen molar-refractivity contribution in [3.63, 3.8) is 0 Å². The van der Waals surface area contributed by atoms with Gasteiger partial charge in [-0.3, -0.25) is 4.98 Å². The Kier molecular flexibility index (Phi) is 1.23. The number of fused-ring (bicyclic) bond motifs is 1. The Balaban J connectivity index is 2.89. The van der Waals surface area contributed by atoms with E-state index in [4.69, 9.17) is 0 Å². The van der Waals surface area contributed by atoms with E-state index in [9.17, 15) is 10.4 Å². The molecule has 0 spiro atoms. The summed E-state index contributed by atoms with van der Waals surface area (Å²) in [7, 11) is 0. The summed E-state index contributed by atoms with van der Waals surface area (Å²) < 4.78 is 0. The van der Waals surface area contributed by atoms with Crippen molar-refractivity contribution in [2.75, 3.05) is 0 Å². The van der Waals surface area contributed by atoms with E-state index in [2.05, 4.69) is 15.3 Å². The highest BCUT2D eigenvalue weighted by atomic mass is 16.6. The Bertz CT molecular complexity index is 431. The average molecular weight is 165 g/mol. The molecule has 7 nitrogen and oxygen atoms in total. The molecule has 0 aliphatic rings. The molecule has 0 saturated heterocycles. The summed E-state index contributed by atoms with van der Waals surface area (Å²) in [5.74, 6) is 0. The van der Waals surface area contributed by atoms with Gasteiger partial charge in [0.2, 0.25) is 5.52 Å². The highest BCUT2D eigenvalue weighted by molar-refractivity contribution is 5.67. The van der Waals surface area contributed by atoms with Crippen LogP contribution in [-0.4, -0.2) is 15.3 Å². The zero-order valence-electron chi connectivity index (χ0n) is 5.78. The van der Waals surface area contributed by atoms with E-state index in [1.165, 1.54) is 18.5 Å². The summed E-state index contributed by atoms with van der Waals surface area (Å²) in [5, 5.41) is 27.9. The van der Waals surface area contributed by atoms with Crippen LogP contribution in [0.15, 0.2) is 18.5 Å². The molecule has 0 radical (unpaired) electrons. The fourth-order valence-electron chi connectivity index (χ4n) is 0.841. The van der Waals surface area contributed by atoms with Crippen molar-refractivity contribution in [1.29, 1.82) is 0 Å². The average Bonchev–Trinajstić information content (AvgIpc) is 2.04. The molecule has 0 atom stereocenters. The Morgan fingerprint density at radius 1 is 1.33 bits per heavy atom. The minimum atomic E-state index is -0.0324. The van der Waals surface area contributed by atoms with Gasteiger partial charge in [-0.2, -0.15) is 0 Å². The largest absolute Gasteiger partial charge is 0.590 e. The lowest BCUT2D eigenvalue weighted by atomic mass is 10.4. The van der Waals surface area contributed by atoms with E-state index in [-0.39, 0.29) is 20.8 Å². The van der Waals surface area contributed by atoms with Crippen LogP contribution in [-0.2, 0) is 0 Å². The lowest BCUT2D eigenvalue weighted by molar-refractivity contribution is -0.863. The first-order valence-corrected chi connectivity index (χ1v) is 3.09. The van der Waals surface area contributed by atoms with E-state index in [1.807, 2.05) is 0 Å². The van der Waals surface area contributed by atoms with Crippen molar-refractivity contribution in [3.8, 4) is 0 Å². The van der Waals surface area contributed by atoms with Crippen molar-refractivity contribution >= 4 is 11.0 Å². The molecule has 12 heavy (non-hydrogen) atoms. The van der Waals surface area contributed by atoms with Gasteiger partial charge in [0.05, 0.1) is 5.10 Å². The maximum Gasteiger partial charge on any atom is 0.326 e. The summed E-state index contributed by atoms with van der Waals surface area (Å²) in [4.78, 5) is 3.84. The molecule has 0 amide bonds. The third-order valence-electron chi connectivity index (χ3n) is 1.33. The third-order valence-corrected chi connectivity index (χ3v) is 1.33. The molecule has 0 bridgehead atoms. The van der Waals surface area contributed by atoms with Gasteiger partial charge in [-0.1, -0.05) is 0 Å². The summed E-state index contributed by atoms with van der Waals surface area (Å²) >= 11 is 0. The van der Waals surface area contributed by atoms with Crippen LogP contribution >= 0.6 is 0 Å². The van der Waals surface area contributed by atoms with E-state index in [0.717, 1.165) is 0 Å². The van der Waals surface area contributed by atoms with Gasteiger partial charge in [0.1, 0.15) is 11.2 Å².